The van der Waals surface area contributed by atoms with Crippen LogP contribution in [0.3, 0.4) is 0 Å². The fourth-order valence-electron chi connectivity index (χ4n) is 3.06. The normalized spacial score (nSPS) is 11.2. The molecule has 0 aliphatic carbocycles. The second kappa shape index (κ2) is 6.48. The molecule has 2 aromatic heterocycles. The first-order valence-corrected chi connectivity index (χ1v) is 9.23. The molecule has 0 spiro atoms. The van der Waals surface area contributed by atoms with Gasteiger partial charge < -0.3 is 14.9 Å². The standard InChI is InChI=1S/C19H16N4O3S/c1-3-23-15-7-4-11(8-14(15)20-10(2)18(23)25)17(24)21-12-5-6-13-16(9-12)27-19(26)22-13/h4-9H,3H2,1-2H3,(H,21,24)(H,22,26). The maximum atomic E-state index is 12.6. The highest BCUT2D eigenvalue weighted by molar-refractivity contribution is 7.16. The Balaban J connectivity index is 1.70. The summed E-state index contributed by atoms with van der Waals surface area (Å²) < 4.78 is 2.42. The highest BCUT2D eigenvalue weighted by Crippen LogP contribution is 2.21. The van der Waals surface area contributed by atoms with Gasteiger partial charge in [-0.15, -0.1) is 0 Å². The third-order valence-electron chi connectivity index (χ3n) is 4.37. The molecule has 4 aromatic rings. The number of rotatable bonds is 3. The number of aromatic amines is 1. The Hall–Kier alpha value is -3.26. The molecular weight excluding hydrogens is 364 g/mol. The van der Waals surface area contributed by atoms with E-state index in [-0.39, 0.29) is 16.3 Å². The lowest BCUT2D eigenvalue weighted by Gasteiger charge is -2.10. The van der Waals surface area contributed by atoms with Crippen molar-refractivity contribution in [1.29, 1.82) is 0 Å². The summed E-state index contributed by atoms with van der Waals surface area (Å²) in [5.74, 6) is -0.284. The molecule has 27 heavy (non-hydrogen) atoms. The molecule has 0 bridgehead atoms. The Kier molecular flexibility index (Phi) is 4.12. The quantitative estimate of drug-likeness (QED) is 0.571. The van der Waals surface area contributed by atoms with Crippen molar-refractivity contribution in [3.05, 3.63) is 67.7 Å². The summed E-state index contributed by atoms with van der Waals surface area (Å²) in [7, 11) is 0. The highest BCUT2D eigenvalue weighted by atomic mass is 32.1. The minimum absolute atomic E-state index is 0.124. The first-order chi connectivity index (χ1) is 13.0. The lowest BCUT2D eigenvalue weighted by molar-refractivity contribution is 0.102. The Labute approximate surface area is 157 Å². The average Bonchev–Trinajstić information content (AvgIpc) is 3.01. The monoisotopic (exact) mass is 380 g/mol. The maximum Gasteiger partial charge on any atom is 0.305 e. The largest absolute Gasteiger partial charge is 0.322 e. The van der Waals surface area contributed by atoms with Crippen LogP contribution in [0.2, 0.25) is 0 Å². The molecule has 8 heteroatoms. The van der Waals surface area contributed by atoms with Gasteiger partial charge in [-0.3, -0.25) is 14.4 Å². The van der Waals surface area contributed by atoms with E-state index in [9.17, 15) is 14.4 Å². The van der Waals surface area contributed by atoms with E-state index in [1.165, 1.54) is 0 Å². The lowest BCUT2D eigenvalue weighted by atomic mass is 10.1. The van der Waals surface area contributed by atoms with Gasteiger partial charge in [-0.2, -0.15) is 0 Å². The summed E-state index contributed by atoms with van der Waals surface area (Å²) in [4.78, 5) is 43.1. The van der Waals surface area contributed by atoms with Crippen LogP contribution in [0.4, 0.5) is 5.69 Å². The summed E-state index contributed by atoms with van der Waals surface area (Å²) in [5.41, 5.74) is 3.36. The zero-order valence-electron chi connectivity index (χ0n) is 14.7. The van der Waals surface area contributed by atoms with Crippen LogP contribution in [-0.2, 0) is 6.54 Å². The molecule has 2 aromatic carbocycles. The van der Waals surface area contributed by atoms with E-state index in [0.29, 0.717) is 34.5 Å². The number of carbonyl (C=O) groups is 1. The molecule has 0 aliphatic heterocycles. The van der Waals surface area contributed by atoms with E-state index in [0.717, 1.165) is 21.6 Å². The van der Waals surface area contributed by atoms with Crippen LogP contribution in [0.5, 0.6) is 0 Å². The van der Waals surface area contributed by atoms with Gasteiger partial charge in [-0.25, -0.2) is 4.98 Å². The van der Waals surface area contributed by atoms with Crippen LogP contribution >= 0.6 is 11.3 Å². The molecule has 0 saturated carbocycles. The van der Waals surface area contributed by atoms with Gasteiger partial charge >= 0.3 is 4.87 Å². The number of fused-ring (bicyclic) bond motifs is 2. The Morgan fingerprint density at radius 1 is 1.22 bits per heavy atom. The van der Waals surface area contributed by atoms with E-state index in [2.05, 4.69) is 15.3 Å². The van der Waals surface area contributed by atoms with Crippen molar-refractivity contribution in [3.8, 4) is 0 Å². The topological polar surface area (TPSA) is 96.8 Å². The molecule has 0 fully saturated rings. The van der Waals surface area contributed by atoms with Gasteiger partial charge in [0.05, 0.1) is 21.3 Å². The molecular formula is C19H16N4O3S. The number of carbonyl (C=O) groups excluding carboxylic acids is 1. The number of H-pyrrole nitrogens is 1. The minimum Gasteiger partial charge on any atom is -0.322 e. The van der Waals surface area contributed by atoms with E-state index in [4.69, 9.17) is 0 Å². The number of hydrogen-bond donors (Lipinski definition) is 2. The molecule has 4 rings (SSSR count). The number of benzene rings is 2. The van der Waals surface area contributed by atoms with Crippen molar-refractivity contribution < 1.29 is 4.79 Å². The average molecular weight is 380 g/mol. The van der Waals surface area contributed by atoms with Gasteiger partial charge in [-0.05, 0) is 50.2 Å². The van der Waals surface area contributed by atoms with Crippen molar-refractivity contribution in [1.82, 2.24) is 14.5 Å². The summed E-state index contributed by atoms with van der Waals surface area (Å²) >= 11 is 1.09. The highest BCUT2D eigenvalue weighted by Gasteiger charge is 2.12. The SMILES string of the molecule is CCn1c(=O)c(C)nc2cc(C(=O)Nc3ccc4[nH]c(=O)sc4c3)ccc21. The smallest absolute Gasteiger partial charge is 0.305 e. The van der Waals surface area contributed by atoms with Crippen molar-refractivity contribution in [2.45, 2.75) is 20.4 Å². The molecule has 0 unspecified atom stereocenters. The van der Waals surface area contributed by atoms with Crippen molar-refractivity contribution in [3.63, 3.8) is 0 Å². The zero-order valence-corrected chi connectivity index (χ0v) is 15.5. The number of aryl methyl sites for hydroxylation is 2. The number of hydrogen-bond acceptors (Lipinski definition) is 5. The molecule has 0 aliphatic rings. The molecule has 1 amide bonds. The molecule has 2 N–H and O–H groups in total. The molecule has 2 heterocycles. The van der Waals surface area contributed by atoms with Crippen LogP contribution in [0.25, 0.3) is 21.3 Å². The molecule has 136 valence electrons. The van der Waals surface area contributed by atoms with E-state index >= 15 is 0 Å². The third-order valence-corrected chi connectivity index (χ3v) is 5.21. The molecule has 0 radical (unpaired) electrons. The predicted molar refractivity (Wildman–Crippen MR) is 107 cm³/mol. The summed E-state index contributed by atoms with van der Waals surface area (Å²) in [5, 5.41) is 2.83. The summed E-state index contributed by atoms with van der Waals surface area (Å²) in [6.07, 6.45) is 0. The van der Waals surface area contributed by atoms with Crippen LogP contribution < -0.4 is 15.7 Å². The Morgan fingerprint density at radius 2 is 2.04 bits per heavy atom. The van der Waals surface area contributed by atoms with E-state index in [1.807, 2.05) is 6.92 Å². The molecule has 0 atom stereocenters. The molecule has 7 nitrogen and oxygen atoms in total. The number of nitrogens with zero attached hydrogens (tertiary/aromatic N) is 2. The van der Waals surface area contributed by atoms with Gasteiger partial charge in [0.15, 0.2) is 0 Å². The Bertz CT molecular complexity index is 1320. The van der Waals surface area contributed by atoms with Gasteiger partial charge in [0, 0.05) is 17.8 Å². The number of amides is 1. The van der Waals surface area contributed by atoms with Crippen molar-refractivity contribution >= 4 is 44.2 Å². The lowest BCUT2D eigenvalue weighted by Crippen LogP contribution is -2.23. The second-order valence-electron chi connectivity index (χ2n) is 6.13. The number of anilines is 1. The van der Waals surface area contributed by atoms with Crippen LogP contribution in [0.15, 0.2) is 46.0 Å². The fourth-order valence-corrected chi connectivity index (χ4v) is 3.83. The first kappa shape index (κ1) is 17.2. The van der Waals surface area contributed by atoms with Gasteiger partial charge in [0.2, 0.25) is 0 Å². The number of aromatic nitrogens is 3. The van der Waals surface area contributed by atoms with Crippen molar-refractivity contribution in [2.24, 2.45) is 0 Å². The van der Waals surface area contributed by atoms with E-state index < -0.39 is 0 Å². The van der Waals surface area contributed by atoms with Gasteiger partial charge in [-0.1, -0.05) is 11.3 Å². The Morgan fingerprint density at radius 3 is 2.81 bits per heavy atom. The van der Waals surface area contributed by atoms with Crippen LogP contribution in [-0.4, -0.2) is 20.4 Å². The van der Waals surface area contributed by atoms with Gasteiger partial charge in [0.25, 0.3) is 11.5 Å². The van der Waals surface area contributed by atoms with Crippen LogP contribution in [0, 0.1) is 6.92 Å². The fraction of sp³-hybridized carbons (Fsp3) is 0.158. The predicted octanol–water partition coefficient (Wildman–Crippen LogP) is 2.88. The van der Waals surface area contributed by atoms with E-state index in [1.54, 1.807) is 47.9 Å². The summed E-state index contributed by atoms with van der Waals surface area (Å²) in [6, 6.07) is 10.3. The minimum atomic E-state index is -0.284. The van der Waals surface area contributed by atoms with Gasteiger partial charge in [0.1, 0.15) is 5.69 Å². The van der Waals surface area contributed by atoms with Crippen LogP contribution in [0.1, 0.15) is 23.0 Å². The zero-order chi connectivity index (χ0) is 19.1. The summed E-state index contributed by atoms with van der Waals surface area (Å²) in [6.45, 7) is 4.09. The maximum absolute atomic E-state index is 12.6. The number of nitrogens with one attached hydrogen (secondary N) is 2. The molecule has 0 saturated heterocycles. The van der Waals surface area contributed by atoms with Crippen molar-refractivity contribution in [2.75, 3.05) is 5.32 Å². The number of thiazole rings is 1. The third kappa shape index (κ3) is 3.04. The first-order valence-electron chi connectivity index (χ1n) is 8.41. The second-order valence-corrected chi connectivity index (χ2v) is 7.14.